The van der Waals surface area contributed by atoms with Gasteiger partial charge in [0.05, 0.1) is 17.1 Å². The summed E-state index contributed by atoms with van der Waals surface area (Å²) in [5, 5.41) is 0. The number of benzene rings is 1. The summed E-state index contributed by atoms with van der Waals surface area (Å²) in [5.41, 5.74) is 1.93. The van der Waals surface area contributed by atoms with Crippen molar-refractivity contribution in [3.05, 3.63) is 59.8 Å². The molecule has 0 radical (unpaired) electrons. The summed E-state index contributed by atoms with van der Waals surface area (Å²) < 4.78 is 23.1. The molecule has 154 valence electrons. The maximum Gasteiger partial charge on any atom is 0.255 e. The van der Waals surface area contributed by atoms with E-state index in [2.05, 4.69) is 41.1 Å². The maximum absolute atomic E-state index is 12.7. The van der Waals surface area contributed by atoms with Gasteiger partial charge in [0.15, 0.2) is 9.84 Å². The summed E-state index contributed by atoms with van der Waals surface area (Å²) in [7, 11) is -3.00. The molecular formula is C22H27N3O3S. The van der Waals surface area contributed by atoms with Gasteiger partial charge in [-0.15, -0.1) is 0 Å². The lowest BCUT2D eigenvalue weighted by Crippen LogP contribution is -2.45. The van der Waals surface area contributed by atoms with E-state index < -0.39 is 9.84 Å². The normalized spacial score (nSPS) is 24.3. The Balaban J connectivity index is 1.46. The number of hydrogen-bond donors (Lipinski definition) is 0. The van der Waals surface area contributed by atoms with Crippen LogP contribution in [0, 0.1) is 0 Å². The van der Waals surface area contributed by atoms with Crippen LogP contribution in [0.5, 0.6) is 0 Å². The molecule has 0 N–H and O–H groups in total. The highest BCUT2D eigenvalue weighted by atomic mass is 32.2. The number of nitrogens with zero attached hydrogens (tertiary/aromatic N) is 3. The van der Waals surface area contributed by atoms with E-state index in [1.165, 1.54) is 5.56 Å². The molecule has 6 nitrogen and oxygen atoms in total. The number of aromatic nitrogens is 1. The average molecular weight is 414 g/mol. The van der Waals surface area contributed by atoms with Crippen molar-refractivity contribution < 1.29 is 13.2 Å². The quantitative estimate of drug-likeness (QED) is 0.773. The number of sulfone groups is 1. The third-order valence-electron chi connectivity index (χ3n) is 6.12. The van der Waals surface area contributed by atoms with Crippen LogP contribution in [0.3, 0.4) is 0 Å². The number of piperidine rings is 1. The number of carbonyl (C=O) groups excluding carboxylic acids is 1. The minimum Gasteiger partial charge on any atom is -0.356 e. The van der Waals surface area contributed by atoms with Crippen molar-refractivity contribution >= 4 is 21.6 Å². The molecule has 1 atom stereocenters. The molecule has 3 heterocycles. The highest BCUT2D eigenvalue weighted by molar-refractivity contribution is 7.91. The molecule has 4 rings (SSSR count). The van der Waals surface area contributed by atoms with Crippen LogP contribution in [0.15, 0.2) is 48.7 Å². The largest absolute Gasteiger partial charge is 0.356 e. The predicted molar refractivity (Wildman–Crippen MR) is 114 cm³/mol. The Bertz CT molecular complexity index is 962. The topological polar surface area (TPSA) is 70.6 Å². The molecule has 2 aliphatic heterocycles. The van der Waals surface area contributed by atoms with Crippen molar-refractivity contribution in [3.63, 3.8) is 0 Å². The van der Waals surface area contributed by atoms with Crippen LogP contribution in [0.4, 0.5) is 5.82 Å². The minimum atomic E-state index is -3.00. The van der Waals surface area contributed by atoms with E-state index in [9.17, 15) is 13.2 Å². The van der Waals surface area contributed by atoms with Gasteiger partial charge in [-0.2, -0.15) is 0 Å². The van der Waals surface area contributed by atoms with Gasteiger partial charge >= 0.3 is 0 Å². The van der Waals surface area contributed by atoms with Crippen molar-refractivity contribution in [2.45, 2.75) is 25.2 Å². The van der Waals surface area contributed by atoms with Gasteiger partial charge in [0.1, 0.15) is 5.82 Å². The molecule has 2 aromatic rings. The van der Waals surface area contributed by atoms with Crippen LogP contribution in [-0.4, -0.2) is 61.9 Å². The molecule has 7 heteroatoms. The second-order valence-electron chi connectivity index (χ2n) is 8.30. The lowest BCUT2D eigenvalue weighted by atomic mass is 9.76. The van der Waals surface area contributed by atoms with Gasteiger partial charge in [-0.3, -0.25) is 4.79 Å². The molecule has 2 fully saturated rings. The van der Waals surface area contributed by atoms with E-state index in [1.807, 2.05) is 18.2 Å². The van der Waals surface area contributed by atoms with Crippen molar-refractivity contribution in [2.75, 3.05) is 42.6 Å². The number of rotatable bonds is 3. The first kappa shape index (κ1) is 19.9. The lowest BCUT2D eigenvalue weighted by molar-refractivity contribution is 0.0770. The Kier molecular flexibility index (Phi) is 5.34. The van der Waals surface area contributed by atoms with Crippen LogP contribution in [0.25, 0.3) is 0 Å². The van der Waals surface area contributed by atoms with Gasteiger partial charge in [0.25, 0.3) is 5.91 Å². The number of carbonyl (C=O) groups is 1. The Labute approximate surface area is 172 Å². The van der Waals surface area contributed by atoms with Crippen molar-refractivity contribution in [2.24, 2.45) is 0 Å². The molecule has 0 spiro atoms. The fourth-order valence-corrected chi connectivity index (χ4v) is 5.51. The SMILES string of the molecule is CC1(c2ccccc2)CCCN(c2ccc(C(=O)N3CCS(=O)(=O)CC3)cn2)C1. The van der Waals surface area contributed by atoms with E-state index in [4.69, 9.17) is 0 Å². The van der Waals surface area contributed by atoms with Gasteiger partial charge in [-0.05, 0) is 30.5 Å². The monoisotopic (exact) mass is 413 g/mol. The summed E-state index contributed by atoms with van der Waals surface area (Å²) in [5.74, 6) is 0.808. The van der Waals surface area contributed by atoms with Crippen molar-refractivity contribution in [1.29, 1.82) is 0 Å². The van der Waals surface area contributed by atoms with Gasteiger partial charge in [-0.25, -0.2) is 13.4 Å². The van der Waals surface area contributed by atoms with Crippen molar-refractivity contribution in [3.8, 4) is 0 Å². The molecule has 2 aliphatic rings. The molecule has 0 bridgehead atoms. The van der Waals surface area contributed by atoms with Gasteiger partial charge in [-0.1, -0.05) is 37.3 Å². The standard InChI is InChI=1S/C22H27N3O3S/c1-22(19-6-3-2-4-7-19)10-5-11-25(17-22)20-9-8-18(16-23-20)21(26)24-12-14-29(27,28)15-13-24/h2-4,6-9,16H,5,10-15,17H2,1H3. The van der Waals surface area contributed by atoms with Crippen LogP contribution in [0.1, 0.15) is 35.7 Å². The first-order valence-electron chi connectivity index (χ1n) is 10.1. The summed E-state index contributed by atoms with van der Waals surface area (Å²) >= 11 is 0. The van der Waals surface area contributed by atoms with E-state index in [1.54, 1.807) is 11.1 Å². The minimum absolute atomic E-state index is 0.0378. The zero-order valence-corrected chi connectivity index (χ0v) is 17.6. The van der Waals surface area contributed by atoms with Gasteiger partial charge in [0, 0.05) is 37.8 Å². The molecule has 1 aromatic carbocycles. The molecular weight excluding hydrogens is 386 g/mol. The smallest absolute Gasteiger partial charge is 0.255 e. The van der Waals surface area contributed by atoms with Crippen LogP contribution in [-0.2, 0) is 15.3 Å². The average Bonchev–Trinajstić information content (AvgIpc) is 2.74. The summed E-state index contributed by atoms with van der Waals surface area (Å²) in [6.45, 7) is 4.65. The lowest BCUT2D eigenvalue weighted by Gasteiger charge is -2.41. The van der Waals surface area contributed by atoms with Crippen LogP contribution < -0.4 is 4.90 Å². The van der Waals surface area contributed by atoms with E-state index in [0.717, 1.165) is 31.7 Å². The third-order valence-corrected chi connectivity index (χ3v) is 7.73. The maximum atomic E-state index is 12.7. The number of pyridine rings is 1. The zero-order chi connectivity index (χ0) is 20.5. The van der Waals surface area contributed by atoms with Crippen LogP contribution in [0.2, 0.25) is 0 Å². The Morgan fingerprint density at radius 3 is 2.41 bits per heavy atom. The van der Waals surface area contributed by atoms with Gasteiger partial charge in [0.2, 0.25) is 0 Å². The summed E-state index contributed by atoms with van der Waals surface area (Å²) in [6.07, 6.45) is 3.85. The highest BCUT2D eigenvalue weighted by Gasteiger charge is 2.33. The van der Waals surface area contributed by atoms with Crippen molar-refractivity contribution in [1.82, 2.24) is 9.88 Å². The highest BCUT2D eigenvalue weighted by Crippen LogP contribution is 2.35. The molecule has 0 saturated carbocycles. The van der Waals surface area contributed by atoms with Gasteiger partial charge < -0.3 is 9.80 Å². The Morgan fingerprint density at radius 1 is 1.03 bits per heavy atom. The molecule has 2 saturated heterocycles. The predicted octanol–water partition coefficient (Wildman–Crippen LogP) is 2.51. The van der Waals surface area contributed by atoms with E-state index in [-0.39, 0.29) is 35.9 Å². The molecule has 1 amide bonds. The molecule has 1 aromatic heterocycles. The summed E-state index contributed by atoms with van der Waals surface area (Å²) in [4.78, 5) is 21.1. The number of amides is 1. The molecule has 29 heavy (non-hydrogen) atoms. The first-order valence-corrected chi connectivity index (χ1v) is 11.9. The number of anilines is 1. The first-order chi connectivity index (χ1) is 13.9. The molecule has 0 aliphatic carbocycles. The Morgan fingerprint density at radius 2 is 1.76 bits per heavy atom. The number of hydrogen-bond acceptors (Lipinski definition) is 5. The second kappa shape index (κ2) is 7.78. The van der Waals surface area contributed by atoms with E-state index in [0.29, 0.717) is 5.56 Å². The van der Waals surface area contributed by atoms with E-state index >= 15 is 0 Å². The zero-order valence-electron chi connectivity index (χ0n) is 16.8. The third kappa shape index (κ3) is 4.29. The Hall–Kier alpha value is -2.41. The fourth-order valence-electron chi connectivity index (χ4n) is 4.31. The fraction of sp³-hybridized carbons (Fsp3) is 0.455. The molecule has 1 unspecified atom stereocenters. The second-order valence-corrected chi connectivity index (χ2v) is 10.6. The summed E-state index contributed by atoms with van der Waals surface area (Å²) in [6, 6.07) is 14.3. The van der Waals surface area contributed by atoms with Crippen LogP contribution >= 0.6 is 0 Å².